The third-order valence-corrected chi connectivity index (χ3v) is 3.14. The van der Waals surface area contributed by atoms with Gasteiger partial charge in [0.1, 0.15) is 11.8 Å². The number of aryl methyl sites for hydroxylation is 1. The molecule has 0 N–H and O–H groups in total. The normalized spacial score (nSPS) is 18.5. The highest BCUT2D eigenvalue weighted by molar-refractivity contribution is 5.83. The Kier molecular flexibility index (Phi) is 3.22. The second-order valence-electron chi connectivity index (χ2n) is 4.20. The van der Waals surface area contributed by atoms with Crippen LogP contribution in [0.3, 0.4) is 0 Å². The molecule has 1 aliphatic rings. The van der Waals surface area contributed by atoms with Crippen LogP contribution in [0.4, 0.5) is 5.69 Å². The van der Waals surface area contributed by atoms with E-state index in [1.165, 1.54) is 7.11 Å². The SMILES string of the molecule is COC(=O)C1CCN1c1cc(C)ccc1OC. The first-order valence-electron chi connectivity index (χ1n) is 5.66. The summed E-state index contributed by atoms with van der Waals surface area (Å²) in [7, 11) is 3.06. The molecule has 1 aromatic carbocycles. The Morgan fingerprint density at radius 2 is 2.18 bits per heavy atom. The van der Waals surface area contributed by atoms with Crippen LogP contribution in [-0.2, 0) is 9.53 Å². The topological polar surface area (TPSA) is 38.8 Å². The van der Waals surface area contributed by atoms with Crippen molar-refractivity contribution in [3.63, 3.8) is 0 Å². The molecule has 1 fully saturated rings. The van der Waals surface area contributed by atoms with E-state index < -0.39 is 0 Å². The van der Waals surface area contributed by atoms with E-state index in [0.29, 0.717) is 0 Å². The molecular weight excluding hydrogens is 218 g/mol. The lowest BCUT2D eigenvalue weighted by atomic mass is 10.0. The number of esters is 1. The number of rotatable bonds is 3. The van der Waals surface area contributed by atoms with E-state index in [9.17, 15) is 4.79 Å². The lowest BCUT2D eigenvalue weighted by Gasteiger charge is -2.41. The first kappa shape index (κ1) is 11.8. The predicted molar refractivity (Wildman–Crippen MR) is 65.5 cm³/mol. The molecule has 1 atom stereocenters. The second kappa shape index (κ2) is 4.65. The third kappa shape index (κ3) is 2.07. The zero-order valence-electron chi connectivity index (χ0n) is 10.4. The van der Waals surface area contributed by atoms with Gasteiger partial charge in [-0.15, -0.1) is 0 Å². The van der Waals surface area contributed by atoms with Crippen molar-refractivity contribution in [2.24, 2.45) is 0 Å². The number of anilines is 1. The maximum atomic E-state index is 11.6. The van der Waals surface area contributed by atoms with Gasteiger partial charge >= 0.3 is 5.97 Å². The first-order valence-corrected chi connectivity index (χ1v) is 5.66. The highest BCUT2D eigenvalue weighted by Crippen LogP contribution is 2.35. The fraction of sp³-hybridized carbons (Fsp3) is 0.462. The predicted octanol–water partition coefficient (Wildman–Crippen LogP) is 1.76. The van der Waals surface area contributed by atoms with Crippen LogP contribution in [0, 0.1) is 6.92 Å². The van der Waals surface area contributed by atoms with Crippen molar-refractivity contribution in [2.45, 2.75) is 19.4 Å². The van der Waals surface area contributed by atoms with Crippen molar-refractivity contribution in [3.05, 3.63) is 23.8 Å². The van der Waals surface area contributed by atoms with Crippen LogP contribution in [0.1, 0.15) is 12.0 Å². The molecule has 2 rings (SSSR count). The summed E-state index contributed by atoms with van der Waals surface area (Å²) in [5.74, 6) is 0.615. The molecule has 1 saturated heterocycles. The minimum absolute atomic E-state index is 0.171. The molecular formula is C13H17NO3. The third-order valence-electron chi connectivity index (χ3n) is 3.14. The van der Waals surface area contributed by atoms with Crippen molar-refractivity contribution in [1.29, 1.82) is 0 Å². The number of nitrogens with zero attached hydrogens (tertiary/aromatic N) is 1. The van der Waals surface area contributed by atoms with Crippen LogP contribution in [0.2, 0.25) is 0 Å². The number of benzene rings is 1. The van der Waals surface area contributed by atoms with Crippen molar-refractivity contribution in [1.82, 2.24) is 0 Å². The van der Waals surface area contributed by atoms with Crippen LogP contribution < -0.4 is 9.64 Å². The molecule has 1 aliphatic heterocycles. The average Bonchev–Trinajstić information content (AvgIpc) is 2.28. The van der Waals surface area contributed by atoms with Gasteiger partial charge in [0, 0.05) is 6.54 Å². The van der Waals surface area contributed by atoms with Gasteiger partial charge in [0.2, 0.25) is 0 Å². The van der Waals surface area contributed by atoms with E-state index in [4.69, 9.17) is 9.47 Å². The van der Waals surface area contributed by atoms with E-state index in [-0.39, 0.29) is 12.0 Å². The average molecular weight is 235 g/mol. The van der Waals surface area contributed by atoms with E-state index in [2.05, 4.69) is 0 Å². The van der Waals surface area contributed by atoms with Gasteiger partial charge in [-0.05, 0) is 31.0 Å². The Balaban J connectivity index is 2.28. The van der Waals surface area contributed by atoms with Crippen LogP contribution >= 0.6 is 0 Å². The monoisotopic (exact) mass is 235 g/mol. The van der Waals surface area contributed by atoms with Gasteiger partial charge < -0.3 is 14.4 Å². The molecule has 0 radical (unpaired) electrons. The minimum atomic E-state index is -0.181. The van der Waals surface area contributed by atoms with Gasteiger partial charge in [0.05, 0.1) is 19.9 Å². The molecule has 1 aromatic rings. The molecule has 17 heavy (non-hydrogen) atoms. The summed E-state index contributed by atoms with van der Waals surface area (Å²) in [5, 5.41) is 0. The number of ether oxygens (including phenoxy) is 2. The Hall–Kier alpha value is -1.71. The summed E-state index contributed by atoms with van der Waals surface area (Å²) in [6.45, 7) is 2.88. The number of hydrogen-bond acceptors (Lipinski definition) is 4. The zero-order valence-corrected chi connectivity index (χ0v) is 10.4. The highest BCUT2D eigenvalue weighted by Gasteiger charge is 2.36. The first-order chi connectivity index (χ1) is 8.17. The molecule has 0 bridgehead atoms. The van der Waals surface area contributed by atoms with E-state index in [1.54, 1.807) is 7.11 Å². The summed E-state index contributed by atoms with van der Waals surface area (Å²) >= 11 is 0. The lowest BCUT2D eigenvalue weighted by Crippen LogP contribution is -2.53. The molecule has 0 aromatic heterocycles. The van der Waals surface area contributed by atoms with Gasteiger partial charge in [0.15, 0.2) is 0 Å². The highest BCUT2D eigenvalue weighted by atomic mass is 16.5. The maximum Gasteiger partial charge on any atom is 0.328 e. The largest absolute Gasteiger partial charge is 0.495 e. The van der Waals surface area contributed by atoms with Crippen LogP contribution in [-0.4, -0.2) is 32.8 Å². The fourth-order valence-electron chi connectivity index (χ4n) is 2.08. The molecule has 0 spiro atoms. The van der Waals surface area contributed by atoms with Crippen molar-refractivity contribution >= 4 is 11.7 Å². The van der Waals surface area contributed by atoms with Crippen LogP contribution in [0.5, 0.6) is 5.75 Å². The Bertz CT molecular complexity index is 431. The molecule has 4 heteroatoms. The zero-order chi connectivity index (χ0) is 12.4. The smallest absolute Gasteiger partial charge is 0.328 e. The quantitative estimate of drug-likeness (QED) is 0.748. The molecule has 1 unspecified atom stereocenters. The molecule has 92 valence electrons. The molecule has 1 heterocycles. The Morgan fingerprint density at radius 3 is 2.71 bits per heavy atom. The van der Waals surface area contributed by atoms with Crippen LogP contribution in [0.15, 0.2) is 18.2 Å². The van der Waals surface area contributed by atoms with Crippen molar-refractivity contribution < 1.29 is 14.3 Å². The minimum Gasteiger partial charge on any atom is -0.495 e. The van der Waals surface area contributed by atoms with E-state index in [0.717, 1.165) is 30.0 Å². The van der Waals surface area contributed by atoms with E-state index in [1.807, 2.05) is 30.0 Å². The fourth-order valence-corrected chi connectivity index (χ4v) is 2.08. The summed E-state index contributed by atoms with van der Waals surface area (Å²) in [5.41, 5.74) is 2.12. The van der Waals surface area contributed by atoms with Gasteiger partial charge in [-0.2, -0.15) is 0 Å². The molecule has 0 aliphatic carbocycles. The van der Waals surface area contributed by atoms with Crippen molar-refractivity contribution in [3.8, 4) is 5.75 Å². The summed E-state index contributed by atoms with van der Waals surface area (Å²) in [6, 6.07) is 5.79. The standard InChI is InChI=1S/C13H17NO3/c1-9-4-5-12(16-2)11(8-9)14-7-6-10(14)13(15)17-3/h4-5,8,10H,6-7H2,1-3H3. The van der Waals surface area contributed by atoms with Gasteiger partial charge in [0.25, 0.3) is 0 Å². The van der Waals surface area contributed by atoms with Crippen LogP contribution in [0.25, 0.3) is 0 Å². The van der Waals surface area contributed by atoms with Crippen molar-refractivity contribution in [2.75, 3.05) is 25.7 Å². The lowest BCUT2D eigenvalue weighted by molar-refractivity contribution is -0.143. The summed E-state index contributed by atoms with van der Waals surface area (Å²) in [6.07, 6.45) is 0.837. The number of carbonyl (C=O) groups is 1. The van der Waals surface area contributed by atoms with Gasteiger partial charge in [-0.1, -0.05) is 6.07 Å². The Morgan fingerprint density at radius 1 is 1.41 bits per heavy atom. The maximum absolute atomic E-state index is 11.6. The van der Waals surface area contributed by atoms with Gasteiger partial charge in [-0.3, -0.25) is 0 Å². The molecule has 0 amide bonds. The molecule has 0 saturated carbocycles. The van der Waals surface area contributed by atoms with E-state index >= 15 is 0 Å². The molecule has 4 nitrogen and oxygen atoms in total. The summed E-state index contributed by atoms with van der Waals surface area (Å²) in [4.78, 5) is 13.6. The number of carbonyl (C=O) groups excluding carboxylic acids is 1. The Labute approximate surface area is 101 Å². The number of methoxy groups -OCH3 is 2. The number of hydrogen-bond donors (Lipinski definition) is 0. The second-order valence-corrected chi connectivity index (χ2v) is 4.20. The van der Waals surface area contributed by atoms with Gasteiger partial charge in [-0.25, -0.2) is 4.79 Å². The summed E-state index contributed by atoms with van der Waals surface area (Å²) < 4.78 is 10.1.